The number of benzene rings is 2. The molecule has 0 bridgehead atoms. The van der Waals surface area contributed by atoms with Gasteiger partial charge in [0.2, 0.25) is 15.9 Å². The van der Waals surface area contributed by atoms with E-state index in [1.807, 2.05) is 31.2 Å². The van der Waals surface area contributed by atoms with Crippen LogP contribution in [0.4, 0.5) is 4.39 Å². The summed E-state index contributed by atoms with van der Waals surface area (Å²) in [6.07, 6.45) is 3.83. The molecule has 1 amide bonds. The highest BCUT2D eigenvalue weighted by Crippen LogP contribution is 2.18. The van der Waals surface area contributed by atoms with Gasteiger partial charge in [0.25, 0.3) is 0 Å². The lowest BCUT2D eigenvalue weighted by molar-refractivity contribution is -0.125. The van der Waals surface area contributed by atoms with Crippen LogP contribution >= 0.6 is 0 Å². The number of amides is 1. The predicted octanol–water partition coefficient (Wildman–Crippen LogP) is 3.07. The van der Waals surface area contributed by atoms with Crippen LogP contribution < -0.4 is 0 Å². The molecule has 0 unspecified atom stereocenters. The van der Waals surface area contributed by atoms with Crippen molar-refractivity contribution in [2.24, 2.45) is 0 Å². The SMILES string of the molecule is Cc1ccc(/C=C/C(=O)N2CCCN(S(=O)(=O)c3ccc(F)cc3)CC2)cc1. The summed E-state index contributed by atoms with van der Waals surface area (Å²) in [4.78, 5) is 14.2. The minimum absolute atomic E-state index is 0.0629. The Morgan fingerprint density at radius 1 is 0.964 bits per heavy atom. The van der Waals surface area contributed by atoms with E-state index in [2.05, 4.69) is 0 Å². The Kier molecular flexibility index (Phi) is 6.26. The van der Waals surface area contributed by atoms with E-state index in [9.17, 15) is 17.6 Å². The Balaban J connectivity index is 1.64. The second-order valence-corrected chi connectivity index (χ2v) is 8.72. The molecule has 3 rings (SSSR count). The number of rotatable bonds is 4. The second kappa shape index (κ2) is 8.67. The molecule has 5 nitrogen and oxygen atoms in total. The van der Waals surface area contributed by atoms with Gasteiger partial charge < -0.3 is 4.90 Å². The maximum absolute atomic E-state index is 13.1. The third-order valence-corrected chi connectivity index (χ3v) is 6.63. The van der Waals surface area contributed by atoms with E-state index in [1.54, 1.807) is 11.0 Å². The molecule has 0 N–H and O–H groups in total. The Morgan fingerprint density at radius 2 is 1.64 bits per heavy atom. The molecule has 1 heterocycles. The zero-order chi connectivity index (χ0) is 20.1. The summed E-state index contributed by atoms with van der Waals surface area (Å²) in [5, 5.41) is 0. The first-order valence-corrected chi connectivity index (χ1v) is 10.6. The molecule has 2 aromatic rings. The van der Waals surface area contributed by atoms with Crippen LogP contribution in [0.1, 0.15) is 17.5 Å². The average Bonchev–Trinajstić information content (AvgIpc) is 2.94. The number of sulfonamides is 1. The van der Waals surface area contributed by atoms with Crippen molar-refractivity contribution < 1.29 is 17.6 Å². The smallest absolute Gasteiger partial charge is 0.246 e. The highest BCUT2D eigenvalue weighted by atomic mass is 32.2. The lowest BCUT2D eigenvalue weighted by Gasteiger charge is -2.21. The Morgan fingerprint density at radius 3 is 2.32 bits per heavy atom. The highest BCUT2D eigenvalue weighted by Gasteiger charge is 2.27. The molecule has 148 valence electrons. The molecule has 28 heavy (non-hydrogen) atoms. The van der Waals surface area contributed by atoms with Crippen molar-refractivity contribution in [1.29, 1.82) is 0 Å². The fourth-order valence-corrected chi connectivity index (χ4v) is 4.53. The van der Waals surface area contributed by atoms with Crippen LogP contribution in [0.3, 0.4) is 0 Å². The monoisotopic (exact) mass is 402 g/mol. The van der Waals surface area contributed by atoms with Crippen LogP contribution in [0, 0.1) is 12.7 Å². The molecule has 0 radical (unpaired) electrons. The standard InChI is InChI=1S/C21H23FN2O3S/c1-17-3-5-18(6-4-17)7-12-21(25)23-13-2-14-24(16-15-23)28(26,27)20-10-8-19(22)9-11-20/h3-12H,2,13-16H2,1H3/b12-7+. The van der Waals surface area contributed by atoms with Crippen LogP contribution in [0.25, 0.3) is 6.08 Å². The summed E-state index contributed by atoms with van der Waals surface area (Å²) >= 11 is 0. The number of halogens is 1. The lowest BCUT2D eigenvalue weighted by Crippen LogP contribution is -2.36. The van der Waals surface area contributed by atoms with Gasteiger partial charge in [-0.05, 0) is 49.2 Å². The zero-order valence-corrected chi connectivity index (χ0v) is 16.5. The van der Waals surface area contributed by atoms with Gasteiger partial charge >= 0.3 is 0 Å². The van der Waals surface area contributed by atoms with Gasteiger partial charge in [-0.15, -0.1) is 0 Å². The number of carbonyl (C=O) groups excluding carboxylic acids is 1. The van der Waals surface area contributed by atoms with Gasteiger partial charge in [0.05, 0.1) is 4.90 Å². The molecule has 2 aromatic carbocycles. The van der Waals surface area contributed by atoms with Crippen LogP contribution in [-0.2, 0) is 14.8 Å². The number of carbonyl (C=O) groups is 1. The van der Waals surface area contributed by atoms with Gasteiger partial charge in [-0.2, -0.15) is 4.31 Å². The fraction of sp³-hybridized carbons (Fsp3) is 0.286. The summed E-state index contributed by atoms with van der Waals surface area (Å²) in [6, 6.07) is 12.7. The van der Waals surface area contributed by atoms with E-state index < -0.39 is 15.8 Å². The zero-order valence-electron chi connectivity index (χ0n) is 15.7. The van der Waals surface area contributed by atoms with Crippen molar-refractivity contribution in [3.63, 3.8) is 0 Å². The quantitative estimate of drug-likeness (QED) is 0.739. The molecule has 7 heteroatoms. The molecule has 0 aromatic heterocycles. The summed E-state index contributed by atoms with van der Waals surface area (Å²) in [5.41, 5.74) is 2.09. The van der Waals surface area contributed by atoms with Gasteiger partial charge in [0.15, 0.2) is 0 Å². The molecule has 1 fully saturated rings. The molecule has 0 aliphatic carbocycles. The van der Waals surface area contributed by atoms with Crippen molar-refractivity contribution in [2.45, 2.75) is 18.2 Å². The molecular formula is C21H23FN2O3S. The van der Waals surface area contributed by atoms with Gasteiger partial charge in [-0.1, -0.05) is 29.8 Å². The molecule has 0 spiro atoms. The Hall–Kier alpha value is -2.51. The average molecular weight is 402 g/mol. The first-order valence-electron chi connectivity index (χ1n) is 9.16. The Bertz CT molecular complexity index is 954. The second-order valence-electron chi connectivity index (χ2n) is 6.78. The van der Waals surface area contributed by atoms with Gasteiger partial charge in [0, 0.05) is 32.3 Å². The molecule has 0 atom stereocenters. The third kappa shape index (κ3) is 4.85. The summed E-state index contributed by atoms with van der Waals surface area (Å²) in [5.74, 6) is -0.617. The normalized spacial score (nSPS) is 16.3. The maximum atomic E-state index is 13.1. The van der Waals surface area contributed by atoms with E-state index >= 15 is 0 Å². The van der Waals surface area contributed by atoms with Crippen molar-refractivity contribution in [3.8, 4) is 0 Å². The van der Waals surface area contributed by atoms with Crippen molar-refractivity contribution >= 4 is 22.0 Å². The van der Waals surface area contributed by atoms with Gasteiger partial charge in [-0.3, -0.25) is 4.79 Å². The van der Waals surface area contributed by atoms with Crippen LogP contribution in [-0.4, -0.2) is 49.7 Å². The minimum Gasteiger partial charge on any atom is -0.338 e. The number of hydrogen-bond donors (Lipinski definition) is 0. The number of aryl methyl sites for hydroxylation is 1. The largest absolute Gasteiger partial charge is 0.338 e. The van der Waals surface area contributed by atoms with E-state index in [-0.39, 0.29) is 17.3 Å². The molecule has 0 saturated carbocycles. The van der Waals surface area contributed by atoms with Crippen LogP contribution in [0.2, 0.25) is 0 Å². The third-order valence-electron chi connectivity index (χ3n) is 4.71. The highest BCUT2D eigenvalue weighted by molar-refractivity contribution is 7.89. The van der Waals surface area contributed by atoms with Crippen LogP contribution in [0.15, 0.2) is 59.5 Å². The van der Waals surface area contributed by atoms with E-state index in [4.69, 9.17) is 0 Å². The van der Waals surface area contributed by atoms with Crippen molar-refractivity contribution in [2.75, 3.05) is 26.2 Å². The van der Waals surface area contributed by atoms with Gasteiger partial charge in [-0.25, -0.2) is 12.8 Å². The fourth-order valence-electron chi connectivity index (χ4n) is 3.06. The molecule has 1 aliphatic heterocycles. The van der Waals surface area contributed by atoms with E-state index in [0.29, 0.717) is 26.1 Å². The van der Waals surface area contributed by atoms with E-state index in [0.717, 1.165) is 23.3 Å². The number of hydrogen-bond acceptors (Lipinski definition) is 3. The first kappa shape index (κ1) is 20.2. The topological polar surface area (TPSA) is 57.7 Å². The number of nitrogens with zero attached hydrogens (tertiary/aromatic N) is 2. The molecule has 1 aliphatic rings. The lowest BCUT2D eigenvalue weighted by atomic mass is 10.1. The van der Waals surface area contributed by atoms with Crippen molar-refractivity contribution in [3.05, 3.63) is 71.6 Å². The van der Waals surface area contributed by atoms with Gasteiger partial charge in [0.1, 0.15) is 5.82 Å². The van der Waals surface area contributed by atoms with Crippen molar-refractivity contribution in [1.82, 2.24) is 9.21 Å². The predicted molar refractivity (Wildman–Crippen MR) is 107 cm³/mol. The molecular weight excluding hydrogens is 379 g/mol. The summed E-state index contributed by atoms with van der Waals surface area (Å²) < 4.78 is 39.9. The maximum Gasteiger partial charge on any atom is 0.246 e. The van der Waals surface area contributed by atoms with Crippen LogP contribution in [0.5, 0.6) is 0 Å². The van der Waals surface area contributed by atoms with E-state index in [1.165, 1.54) is 22.5 Å². The summed E-state index contributed by atoms with van der Waals surface area (Å²) in [6.45, 7) is 3.35. The first-order chi connectivity index (χ1) is 13.4. The Labute approximate surface area is 165 Å². The summed E-state index contributed by atoms with van der Waals surface area (Å²) in [7, 11) is -3.70. The molecule has 1 saturated heterocycles. The minimum atomic E-state index is -3.70.